The van der Waals surface area contributed by atoms with Crippen molar-refractivity contribution >= 4 is 6.03 Å². The van der Waals surface area contributed by atoms with Gasteiger partial charge in [-0.05, 0) is 51.9 Å². The number of amides is 2. The Hall–Kier alpha value is -0.770. The molecule has 3 rings (SSSR count). The first-order valence-corrected chi connectivity index (χ1v) is 10.4. The smallest absolute Gasteiger partial charge is 0.317 e. The highest BCUT2D eigenvalue weighted by molar-refractivity contribution is 5.75. The van der Waals surface area contributed by atoms with E-state index in [1.165, 1.54) is 51.4 Å². The van der Waals surface area contributed by atoms with Crippen LogP contribution in [0, 0.1) is 5.92 Å². The Morgan fingerprint density at radius 1 is 0.958 bits per heavy atom. The molecule has 0 aromatic rings. The zero-order valence-electron chi connectivity index (χ0n) is 15.8. The summed E-state index contributed by atoms with van der Waals surface area (Å²) >= 11 is 0. The predicted molar refractivity (Wildman–Crippen MR) is 99.2 cm³/mol. The van der Waals surface area contributed by atoms with Crippen LogP contribution < -0.4 is 5.32 Å². The lowest BCUT2D eigenvalue weighted by Crippen LogP contribution is -2.51. The number of nitrogens with one attached hydrogen (secondary N) is 1. The molecule has 0 aromatic heterocycles. The van der Waals surface area contributed by atoms with Crippen molar-refractivity contribution in [3.05, 3.63) is 0 Å². The minimum Gasteiger partial charge on any atom is -0.335 e. The lowest BCUT2D eigenvalue weighted by Gasteiger charge is -2.36. The molecule has 2 saturated heterocycles. The number of carbonyl (C=O) groups is 1. The van der Waals surface area contributed by atoms with Crippen molar-refractivity contribution in [1.82, 2.24) is 15.1 Å². The van der Waals surface area contributed by atoms with Crippen LogP contribution in [0.2, 0.25) is 0 Å². The predicted octanol–water partition coefficient (Wildman–Crippen LogP) is 4.00. The molecule has 138 valence electrons. The van der Waals surface area contributed by atoms with Gasteiger partial charge in [0.15, 0.2) is 0 Å². The van der Waals surface area contributed by atoms with Gasteiger partial charge in [-0.2, -0.15) is 0 Å². The van der Waals surface area contributed by atoms with Gasteiger partial charge in [0.2, 0.25) is 0 Å². The van der Waals surface area contributed by atoms with Gasteiger partial charge in [-0.15, -0.1) is 0 Å². The van der Waals surface area contributed by atoms with Crippen molar-refractivity contribution in [2.24, 2.45) is 5.92 Å². The van der Waals surface area contributed by atoms with Gasteiger partial charge < -0.3 is 15.1 Å². The van der Waals surface area contributed by atoms with Gasteiger partial charge >= 0.3 is 6.03 Å². The summed E-state index contributed by atoms with van der Waals surface area (Å²) in [5.74, 6) is 0.867. The Bertz CT molecular complexity index is 398. The molecule has 2 heterocycles. The molecule has 2 aliphatic heterocycles. The number of rotatable bonds is 4. The van der Waals surface area contributed by atoms with E-state index in [4.69, 9.17) is 0 Å². The van der Waals surface area contributed by atoms with E-state index in [1.807, 2.05) is 0 Å². The Balaban J connectivity index is 1.45. The van der Waals surface area contributed by atoms with Crippen LogP contribution in [-0.4, -0.2) is 53.6 Å². The molecular formula is C20H37N3O. The zero-order valence-corrected chi connectivity index (χ0v) is 15.8. The van der Waals surface area contributed by atoms with Crippen LogP contribution in [0.25, 0.3) is 0 Å². The second-order valence-electron chi connectivity index (χ2n) is 8.58. The van der Waals surface area contributed by atoms with Crippen LogP contribution in [0.3, 0.4) is 0 Å². The minimum absolute atomic E-state index is 0.219. The maximum atomic E-state index is 12.8. The van der Waals surface area contributed by atoms with E-state index in [0.29, 0.717) is 18.1 Å². The van der Waals surface area contributed by atoms with Gasteiger partial charge in [0, 0.05) is 37.8 Å². The summed E-state index contributed by atoms with van der Waals surface area (Å²) in [6.07, 6.45) is 12.9. The quantitative estimate of drug-likeness (QED) is 0.843. The summed E-state index contributed by atoms with van der Waals surface area (Å²) in [6.45, 7) is 7.73. The first-order valence-electron chi connectivity index (χ1n) is 10.4. The highest BCUT2D eigenvalue weighted by atomic mass is 16.2. The lowest BCUT2D eigenvalue weighted by atomic mass is 9.84. The molecule has 24 heavy (non-hydrogen) atoms. The topological polar surface area (TPSA) is 35.6 Å². The normalized spacial score (nSPS) is 27.8. The molecule has 1 N–H and O–H groups in total. The molecule has 0 bridgehead atoms. The van der Waals surface area contributed by atoms with E-state index in [0.717, 1.165) is 38.4 Å². The van der Waals surface area contributed by atoms with Gasteiger partial charge in [-0.25, -0.2) is 4.79 Å². The number of hydrogen-bond donors (Lipinski definition) is 1. The Morgan fingerprint density at radius 2 is 1.67 bits per heavy atom. The first kappa shape index (κ1) is 18.0. The van der Waals surface area contributed by atoms with Crippen LogP contribution in [0.5, 0.6) is 0 Å². The summed E-state index contributed by atoms with van der Waals surface area (Å²) < 4.78 is 0. The molecule has 4 nitrogen and oxygen atoms in total. The third-order valence-corrected chi connectivity index (χ3v) is 6.56. The number of piperidine rings is 1. The summed E-state index contributed by atoms with van der Waals surface area (Å²) in [7, 11) is 0. The SMILES string of the molecule is CC(C)N1CCC(NC(=O)N2CCC[C@@H]2CC2CCCCC2)CC1. The molecule has 1 atom stereocenters. The highest BCUT2D eigenvalue weighted by Crippen LogP contribution is 2.32. The molecule has 3 fully saturated rings. The maximum Gasteiger partial charge on any atom is 0.317 e. The van der Waals surface area contributed by atoms with Crippen molar-refractivity contribution < 1.29 is 4.79 Å². The van der Waals surface area contributed by atoms with Crippen LogP contribution in [0.4, 0.5) is 4.79 Å². The highest BCUT2D eigenvalue weighted by Gasteiger charge is 2.32. The van der Waals surface area contributed by atoms with E-state index in [9.17, 15) is 4.79 Å². The van der Waals surface area contributed by atoms with E-state index < -0.39 is 0 Å². The Labute approximate surface area is 148 Å². The van der Waals surface area contributed by atoms with E-state index >= 15 is 0 Å². The average Bonchev–Trinajstić information content (AvgIpc) is 3.04. The van der Waals surface area contributed by atoms with Crippen LogP contribution in [0.1, 0.15) is 78.1 Å². The number of hydrogen-bond acceptors (Lipinski definition) is 2. The monoisotopic (exact) mass is 335 g/mol. The summed E-state index contributed by atoms with van der Waals surface area (Å²) in [6, 6.07) is 1.73. The average molecular weight is 336 g/mol. The maximum absolute atomic E-state index is 12.8. The van der Waals surface area contributed by atoms with Crippen LogP contribution in [-0.2, 0) is 0 Å². The molecule has 0 unspecified atom stereocenters. The van der Waals surface area contributed by atoms with E-state index in [-0.39, 0.29) is 6.03 Å². The van der Waals surface area contributed by atoms with Crippen molar-refractivity contribution in [2.75, 3.05) is 19.6 Å². The van der Waals surface area contributed by atoms with E-state index in [2.05, 4.69) is 29.0 Å². The van der Waals surface area contributed by atoms with Gasteiger partial charge in [-0.1, -0.05) is 32.1 Å². The first-order chi connectivity index (χ1) is 11.6. The third-order valence-electron chi connectivity index (χ3n) is 6.56. The standard InChI is InChI=1S/C20H37N3O/c1-16(2)22-13-10-18(11-14-22)21-20(24)23-12-6-9-19(23)15-17-7-4-3-5-8-17/h16-19H,3-15H2,1-2H3,(H,21,24)/t19-/m1/s1. The van der Waals surface area contributed by atoms with Crippen molar-refractivity contribution in [3.63, 3.8) is 0 Å². The van der Waals surface area contributed by atoms with Gasteiger partial charge in [0.25, 0.3) is 0 Å². The number of nitrogens with zero attached hydrogens (tertiary/aromatic N) is 2. The fraction of sp³-hybridized carbons (Fsp3) is 0.950. The second-order valence-corrected chi connectivity index (χ2v) is 8.58. The molecule has 3 aliphatic rings. The fourth-order valence-corrected chi connectivity index (χ4v) is 4.97. The largest absolute Gasteiger partial charge is 0.335 e. The molecule has 0 spiro atoms. The number of carbonyl (C=O) groups excluding carboxylic acids is 1. The Morgan fingerprint density at radius 3 is 2.33 bits per heavy atom. The molecular weight excluding hydrogens is 298 g/mol. The summed E-state index contributed by atoms with van der Waals surface area (Å²) in [4.78, 5) is 17.5. The summed E-state index contributed by atoms with van der Waals surface area (Å²) in [5.41, 5.74) is 0. The van der Waals surface area contributed by atoms with Gasteiger partial charge in [0.1, 0.15) is 0 Å². The van der Waals surface area contributed by atoms with Crippen molar-refractivity contribution in [1.29, 1.82) is 0 Å². The molecule has 2 amide bonds. The molecule has 0 aromatic carbocycles. The molecule has 1 aliphatic carbocycles. The number of likely N-dealkylation sites (tertiary alicyclic amines) is 2. The molecule has 4 heteroatoms. The van der Waals surface area contributed by atoms with Gasteiger partial charge in [-0.3, -0.25) is 0 Å². The van der Waals surface area contributed by atoms with Crippen molar-refractivity contribution in [3.8, 4) is 0 Å². The number of urea groups is 1. The zero-order chi connectivity index (χ0) is 16.9. The Kier molecular flexibility index (Phi) is 6.43. The fourth-order valence-electron chi connectivity index (χ4n) is 4.97. The minimum atomic E-state index is 0.219. The van der Waals surface area contributed by atoms with Crippen LogP contribution >= 0.6 is 0 Å². The van der Waals surface area contributed by atoms with Crippen LogP contribution in [0.15, 0.2) is 0 Å². The van der Waals surface area contributed by atoms with Crippen molar-refractivity contribution in [2.45, 2.75) is 96.2 Å². The third kappa shape index (κ3) is 4.65. The van der Waals surface area contributed by atoms with Gasteiger partial charge in [0.05, 0.1) is 0 Å². The summed E-state index contributed by atoms with van der Waals surface area (Å²) in [5, 5.41) is 3.35. The molecule has 0 radical (unpaired) electrons. The van der Waals surface area contributed by atoms with E-state index in [1.54, 1.807) is 0 Å². The second kappa shape index (κ2) is 8.55. The lowest BCUT2D eigenvalue weighted by molar-refractivity contribution is 0.146. The molecule has 1 saturated carbocycles.